The zero-order valence-corrected chi connectivity index (χ0v) is 16.8. The Kier molecular flexibility index (Phi) is 5.51. The highest BCUT2D eigenvalue weighted by atomic mass is 31.2. The maximum Gasteiger partial charge on any atom is 0.402 e. The Morgan fingerprint density at radius 3 is 2.93 bits per heavy atom. The lowest BCUT2D eigenvalue weighted by Crippen LogP contribution is -2.44. The van der Waals surface area contributed by atoms with E-state index in [1.54, 1.807) is 0 Å². The molecule has 1 fully saturated rings. The molecular formula is C19H19N2O8P. The summed E-state index contributed by atoms with van der Waals surface area (Å²) < 4.78 is 23.1. The van der Waals surface area contributed by atoms with Crippen LogP contribution in [0.3, 0.4) is 0 Å². The topological polar surface area (TPSA) is 132 Å². The number of aromatic amines is 1. The van der Waals surface area contributed by atoms with Crippen molar-refractivity contribution in [3.05, 3.63) is 61.9 Å². The summed E-state index contributed by atoms with van der Waals surface area (Å²) >= 11 is 0. The molecule has 1 saturated heterocycles. The monoisotopic (exact) mass is 434 g/mol. The van der Waals surface area contributed by atoms with Crippen molar-refractivity contribution in [2.75, 3.05) is 0 Å². The number of fused-ring (bicyclic) bond motifs is 1. The fourth-order valence-corrected chi connectivity index (χ4v) is 4.43. The molecule has 1 aromatic carbocycles. The second kappa shape index (κ2) is 7.96. The molecule has 2 aromatic rings. The Morgan fingerprint density at radius 1 is 1.37 bits per heavy atom. The van der Waals surface area contributed by atoms with E-state index in [1.807, 2.05) is 25.1 Å². The normalized spacial score (nSPS) is 23.5. The van der Waals surface area contributed by atoms with E-state index in [0.29, 0.717) is 5.75 Å². The standard InChI is InChI=1S/C19H19N2O8P/c1-3-12-9-21(18(23)20-17(12)22)15-8-7-14(27-15)19(24,25)29-30-26-10-13-6-4-5-11(2)16(13)28-30/h1,4-6,9,14-15,24-25H,7-8,10H2,2H3,(H,20,22,23). The minimum atomic E-state index is -2.72. The summed E-state index contributed by atoms with van der Waals surface area (Å²) in [5.74, 6) is 0.0418. The van der Waals surface area contributed by atoms with Gasteiger partial charge in [-0.25, -0.2) is 9.32 Å². The summed E-state index contributed by atoms with van der Waals surface area (Å²) in [4.78, 5) is 25.8. The highest BCUT2D eigenvalue weighted by Gasteiger charge is 2.47. The molecule has 158 valence electrons. The van der Waals surface area contributed by atoms with Gasteiger partial charge in [0, 0.05) is 11.8 Å². The van der Waals surface area contributed by atoms with Crippen LogP contribution in [0.15, 0.2) is 34.0 Å². The van der Waals surface area contributed by atoms with Gasteiger partial charge in [-0.2, -0.15) is 0 Å². The number of benzene rings is 1. The molecule has 0 bridgehead atoms. The lowest BCUT2D eigenvalue weighted by atomic mass is 10.1. The highest BCUT2D eigenvalue weighted by Crippen LogP contribution is 2.51. The summed E-state index contributed by atoms with van der Waals surface area (Å²) in [6, 6.07) is 5.58. The van der Waals surface area contributed by atoms with Crippen molar-refractivity contribution in [3.63, 3.8) is 0 Å². The number of H-pyrrole nitrogens is 1. The van der Waals surface area contributed by atoms with E-state index in [4.69, 9.17) is 24.7 Å². The second-order valence-corrected chi connectivity index (χ2v) is 7.98. The molecule has 0 spiro atoms. The molecule has 3 atom stereocenters. The highest BCUT2D eigenvalue weighted by molar-refractivity contribution is 7.42. The number of para-hydroxylation sites is 1. The molecule has 3 unspecified atom stereocenters. The van der Waals surface area contributed by atoms with E-state index < -0.39 is 38.2 Å². The van der Waals surface area contributed by atoms with E-state index in [2.05, 4.69) is 10.9 Å². The van der Waals surface area contributed by atoms with Crippen molar-refractivity contribution in [1.29, 1.82) is 0 Å². The van der Waals surface area contributed by atoms with Crippen LogP contribution in [-0.2, 0) is 20.4 Å². The number of rotatable bonds is 4. The van der Waals surface area contributed by atoms with E-state index in [0.717, 1.165) is 15.7 Å². The minimum Gasteiger partial charge on any atom is -0.426 e. The average Bonchev–Trinajstić information content (AvgIpc) is 3.19. The third-order valence-corrected chi connectivity index (χ3v) is 5.93. The Balaban J connectivity index is 1.46. The Labute approximate surface area is 172 Å². The number of aryl methyl sites for hydroxylation is 1. The van der Waals surface area contributed by atoms with Gasteiger partial charge in [-0.1, -0.05) is 24.1 Å². The molecule has 1 aromatic heterocycles. The molecule has 2 aliphatic heterocycles. The molecule has 0 amide bonds. The minimum absolute atomic E-state index is 0.0429. The van der Waals surface area contributed by atoms with Crippen LogP contribution < -0.4 is 15.8 Å². The molecule has 10 nitrogen and oxygen atoms in total. The van der Waals surface area contributed by atoms with Crippen LogP contribution in [0.25, 0.3) is 0 Å². The van der Waals surface area contributed by atoms with Crippen LogP contribution in [0.5, 0.6) is 5.75 Å². The average molecular weight is 434 g/mol. The lowest BCUT2D eigenvalue weighted by Gasteiger charge is -2.32. The largest absolute Gasteiger partial charge is 0.426 e. The smallest absolute Gasteiger partial charge is 0.402 e. The van der Waals surface area contributed by atoms with E-state index in [-0.39, 0.29) is 25.0 Å². The van der Waals surface area contributed by atoms with Gasteiger partial charge in [0.05, 0.1) is 6.61 Å². The first-order valence-corrected chi connectivity index (χ1v) is 10.2. The molecule has 3 heterocycles. The molecule has 2 aliphatic rings. The first-order valence-electron chi connectivity index (χ1n) is 9.09. The van der Waals surface area contributed by atoms with Gasteiger partial charge < -0.3 is 19.5 Å². The molecule has 0 saturated carbocycles. The van der Waals surface area contributed by atoms with E-state index in [1.165, 1.54) is 6.20 Å². The number of aliphatic hydroxyl groups is 2. The molecule has 0 radical (unpaired) electrons. The van der Waals surface area contributed by atoms with Crippen molar-refractivity contribution in [2.45, 2.75) is 44.7 Å². The first-order chi connectivity index (χ1) is 14.3. The van der Waals surface area contributed by atoms with Crippen LogP contribution in [0, 0.1) is 19.3 Å². The summed E-state index contributed by atoms with van der Waals surface area (Å²) in [5, 5.41) is 20.9. The van der Waals surface area contributed by atoms with E-state index in [9.17, 15) is 19.8 Å². The molecular weight excluding hydrogens is 415 g/mol. The SMILES string of the molecule is C#Cc1cn(C2CCC(C(O)(O)OP3OCc4cccc(C)c4O3)O2)c(=O)[nH]c1=O. The predicted molar refractivity (Wildman–Crippen MR) is 104 cm³/mol. The van der Waals surface area contributed by atoms with E-state index >= 15 is 0 Å². The van der Waals surface area contributed by atoms with Crippen LogP contribution >= 0.6 is 8.60 Å². The molecule has 0 aliphatic carbocycles. The van der Waals surface area contributed by atoms with Crippen molar-refractivity contribution in [2.24, 2.45) is 0 Å². The summed E-state index contributed by atoms with van der Waals surface area (Å²) in [7, 11) is -2.09. The van der Waals surface area contributed by atoms with Crippen LogP contribution in [-0.4, -0.2) is 31.8 Å². The third kappa shape index (κ3) is 3.91. The summed E-state index contributed by atoms with van der Waals surface area (Å²) in [6.07, 6.45) is 4.82. The third-order valence-electron chi connectivity index (χ3n) is 4.84. The maximum atomic E-state index is 12.1. The number of hydrogen-bond donors (Lipinski definition) is 3. The molecule has 4 rings (SSSR count). The van der Waals surface area contributed by atoms with Gasteiger partial charge in [-0.15, -0.1) is 6.42 Å². The Bertz CT molecular complexity index is 1120. The van der Waals surface area contributed by atoms with Crippen molar-refractivity contribution in [3.8, 4) is 18.1 Å². The number of aromatic nitrogens is 2. The van der Waals surface area contributed by atoms with Crippen LogP contribution in [0.4, 0.5) is 0 Å². The van der Waals surface area contributed by atoms with Gasteiger partial charge in [0.15, 0.2) is 0 Å². The number of nitrogens with one attached hydrogen (secondary N) is 1. The lowest BCUT2D eigenvalue weighted by molar-refractivity contribution is -0.346. The van der Waals surface area contributed by atoms with Crippen molar-refractivity contribution >= 4 is 8.60 Å². The van der Waals surface area contributed by atoms with Crippen LogP contribution in [0.1, 0.15) is 35.8 Å². The maximum absolute atomic E-state index is 12.1. The number of hydrogen-bond acceptors (Lipinski definition) is 8. The van der Waals surface area contributed by atoms with Gasteiger partial charge in [0.1, 0.15) is 23.6 Å². The summed E-state index contributed by atoms with van der Waals surface area (Å²) in [5.41, 5.74) is 0.256. The number of nitrogens with zero attached hydrogens (tertiary/aromatic N) is 1. The quantitative estimate of drug-likeness (QED) is 0.369. The molecule has 11 heteroatoms. The van der Waals surface area contributed by atoms with Gasteiger partial charge in [-0.05, 0) is 25.3 Å². The van der Waals surface area contributed by atoms with Gasteiger partial charge >= 0.3 is 20.3 Å². The van der Waals surface area contributed by atoms with Gasteiger partial charge in [0.2, 0.25) is 0 Å². The van der Waals surface area contributed by atoms with Crippen molar-refractivity contribution < 1.29 is 28.5 Å². The van der Waals surface area contributed by atoms with Crippen molar-refractivity contribution in [1.82, 2.24) is 9.55 Å². The number of ether oxygens (including phenoxy) is 1. The van der Waals surface area contributed by atoms with Gasteiger partial charge in [0.25, 0.3) is 5.56 Å². The second-order valence-electron chi connectivity index (χ2n) is 6.91. The molecule has 3 N–H and O–H groups in total. The Hall–Kier alpha value is -2.51. The number of terminal acetylenes is 1. The first kappa shape index (κ1) is 20.8. The zero-order chi connectivity index (χ0) is 21.5. The fraction of sp³-hybridized carbons (Fsp3) is 0.368. The molecule has 30 heavy (non-hydrogen) atoms. The summed E-state index contributed by atoms with van der Waals surface area (Å²) in [6.45, 7) is 2.06. The fourth-order valence-electron chi connectivity index (χ4n) is 3.30. The van der Waals surface area contributed by atoms with Gasteiger partial charge in [-0.3, -0.25) is 18.9 Å². The van der Waals surface area contributed by atoms with Crippen LogP contribution in [0.2, 0.25) is 0 Å². The Morgan fingerprint density at radius 2 is 2.17 bits per heavy atom. The zero-order valence-electron chi connectivity index (χ0n) is 15.9. The predicted octanol–water partition coefficient (Wildman–Crippen LogP) is 0.995.